The van der Waals surface area contributed by atoms with Crippen molar-refractivity contribution >= 4 is 15.9 Å². The van der Waals surface area contributed by atoms with Crippen LogP contribution in [0.3, 0.4) is 0 Å². The van der Waals surface area contributed by atoms with E-state index in [1.807, 2.05) is 0 Å². The molecule has 0 aliphatic heterocycles. The van der Waals surface area contributed by atoms with Crippen LogP contribution in [0.25, 0.3) is 6.08 Å². The molecule has 0 saturated heterocycles. The Hall–Kier alpha value is -1.49. The predicted molar refractivity (Wildman–Crippen MR) is 79.2 cm³/mol. The average molecular weight is 296 g/mol. The van der Waals surface area contributed by atoms with Crippen molar-refractivity contribution in [3.63, 3.8) is 0 Å². The van der Waals surface area contributed by atoms with Crippen molar-refractivity contribution in [2.45, 2.75) is 32.1 Å². The Bertz CT molecular complexity index is 584. The molecule has 1 aromatic carbocycles. The van der Waals surface area contributed by atoms with E-state index in [9.17, 15) is 18.6 Å². The van der Waals surface area contributed by atoms with Gasteiger partial charge in [-0.25, -0.2) is 8.42 Å². The van der Waals surface area contributed by atoms with E-state index in [1.54, 1.807) is 6.07 Å². The maximum absolute atomic E-state index is 11.9. The van der Waals surface area contributed by atoms with Crippen molar-refractivity contribution in [1.29, 1.82) is 0 Å². The number of phenolic OH excluding ortho intramolecular Hbond substituents is 2. The molecule has 1 fully saturated rings. The molecule has 0 unspecified atom stereocenters. The number of hydrogen-bond donors (Lipinski definition) is 2. The molecule has 0 atom stereocenters. The van der Waals surface area contributed by atoms with Crippen LogP contribution in [0.4, 0.5) is 0 Å². The summed E-state index contributed by atoms with van der Waals surface area (Å²) in [6, 6.07) is 4.22. The lowest BCUT2D eigenvalue weighted by Gasteiger charge is -2.07. The smallest absolute Gasteiger partial charge is 0.171 e. The summed E-state index contributed by atoms with van der Waals surface area (Å²) in [6.07, 6.45) is 6.90. The molecule has 1 saturated carbocycles. The van der Waals surface area contributed by atoms with E-state index in [-0.39, 0.29) is 17.3 Å². The molecule has 110 valence electrons. The standard InChI is InChI=1S/C15H20O4S/c16-14-6-5-13(11-15(14)17)8-10-20(18,19)9-7-12-3-1-2-4-12/h5-6,8,10-12,16-17H,1-4,7,9H2/b10-8+. The van der Waals surface area contributed by atoms with Crippen LogP contribution < -0.4 is 0 Å². The first-order valence-corrected chi connectivity index (χ1v) is 8.61. The topological polar surface area (TPSA) is 74.6 Å². The van der Waals surface area contributed by atoms with Gasteiger partial charge < -0.3 is 10.2 Å². The second-order valence-corrected chi connectivity index (χ2v) is 7.36. The molecule has 4 nitrogen and oxygen atoms in total. The van der Waals surface area contributed by atoms with Gasteiger partial charge in [-0.15, -0.1) is 0 Å². The SMILES string of the molecule is O=S(=O)(/C=C/c1ccc(O)c(O)c1)CCC1CCCC1. The largest absolute Gasteiger partial charge is 0.504 e. The average Bonchev–Trinajstić information content (AvgIpc) is 2.91. The highest BCUT2D eigenvalue weighted by atomic mass is 32.2. The Balaban J connectivity index is 1.95. The molecule has 2 N–H and O–H groups in total. The van der Waals surface area contributed by atoms with Crippen LogP contribution in [0.1, 0.15) is 37.7 Å². The lowest BCUT2D eigenvalue weighted by molar-refractivity contribution is 0.403. The zero-order chi connectivity index (χ0) is 14.6. The summed E-state index contributed by atoms with van der Waals surface area (Å²) >= 11 is 0. The molecular formula is C15H20O4S. The van der Waals surface area contributed by atoms with E-state index in [2.05, 4.69) is 0 Å². The van der Waals surface area contributed by atoms with Gasteiger partial charge in [-0.1, -0.05) is 31.7 Å². The third kappa shape index (κ3) is 4.27. The van der Waals surface area contributed by atoms with Crippen molar-refractivity contribution in [3.8, 4) is 11.5 Å². The molecule has 0 aromatic heterocycles. The van der Waals surface area contributed by atoms with Crippen LogP contribution in [0.5, 0.6) is 11.5 Å². The number of aromatic hydroxyl groups is 2. The molecule has 1 aliphatic carbocycles. The van der Waals surface area contributed by atoms with Gasteiger partial charge in [0.15, 0.2) is 21.3 Å². The molecule has 0 spiro atoms. The Morgan fingerprint density at radius 3 is 2.50 bits per heavy atom. The Kier molecular flexibility index (Phi) is 4.70. The van der Waals surface area contributed by atoms with Crippen molar-refractivity contribution < 1.29 is 18.6 Å². The van der Waals surface area contributed by atoms with Crippen LogP contribution in [0.15, 0.2) is 23.6 Å². The van der Waals surface area contributed by atoms with Gasteiger partial charge >= 0.3 is 0 Å². The first-order chi connectivity index (χ1) is 9.46. The van der Waals surface area contributed by atoms with Gasteiger partial charge in [-0.05, 0) is 36.1 Å². The molecule has 2 rings (SSSR count). The second kappa shape index (κ2) is 6.31. The molecule has 20 heavy (non-hydrogen) atoms. The van der Waals surface area contributed by atoms with Crippen LogP contribution in [-0.4, -0.2) is 24.4 Å². The Morgan fingerprint density at radius 2 is 1.85 bits per heavy atom. The fourth-order valence-corrected chi connectivity index (χ4v) is 3.69. The van der Waals surface area contributed by atoms with Crippen LogP contribution >= 0.6 is 0 Å². The number of phenols is 2. The maximum Gasteiger partial charge on any atom is 0.171 e. The van der Waals surface area contributed by atoms with Crippen molar-refractivity contribution in [3.05, 3.63) is 29.2 Å². The maximum atomic E-state index is 11.9. The quantitative estimate of drug-likeness (QED) is 0.819. The van der Waals surface area contributed by atoms with Gasteiger partial charge in [0.25, 0.3) is 0 Å². The monoisotopic (exact) mass is 296 g/mol. The highest BCUT2D eigenvalue weighted by Gasteiger charge is 2.17. The number of benzene rings is 1. The van der Waals surface area contributed by atoms with Crippen molar-refractivity contribution in [2.24, 2.45) is 5.92 Å². The number of sulfone groups is 1. The molecule has 0 bridgehead atoms. The summed E-state index contributed by atoms with van der Waals surface area (Å²) in [5.41, 5.74) is 0.546. The highest BCUT2D eigenvalue weighted by Crippen LogP contribution is 2.28. The van der Waals surface area contributed by atoms with Gasteiger partial charge in [0.2, 0.25) is 0 Å². The molecular weight excluding hydrogens is 276 g/mol. The summed E-state index contributed by atoms with van der Waals surface area (Å²) < 4.78 is 23.8. The minimum absolute atomic E-state index is 0.179. The van der Waals surface area contributed by atoms with Gasteiger partial charge in [0.1, 0.15) is 0 Å². The second-order valence-electron chi connectivity index (χ2n) is 5.36. The third-order valence-electron chi connectivity index (χ3n) is 3.75. The summed E-state index contributed by atoms with van der Waals surface area (Å²) in [5, 5.41) is 19.7. The van der Waals surface area contributed by atoms with Crippen LogP contribution in [0.2, 0.25) is 0 Å². The van der Waals surface area contributed by atoms with Gasteiger partial charge in [0.05, 0.1) is 5.75 Å². The molecule has 1 aliphatic rings. The minimum Gasteiger partial charge on any atom is -0.504 e. The molecule has 0 amide bonds. The Labute approximate surface area is 119 Å². The molecule has 0 heterocycles. The van der Waals surface area contributed by atoms with Crippen molar-refractivity contribution in [2.75, 3.05) is 5.75 Å². The van der Waals surface area contributed by atoms with E-state index in [1.165, 1.54) is 36.5 Å². The molecule has 5 heteroatoms. The van der Waals surface area contributed by atoms with E-state index < -0.39 is 9.84 Å². The van der Waals surface area contributed by atoms with E-state index in [4.69, 9.17) is 0 Å². The zero-order valence-electron chi connectivity index (χ0n) is 11.3. The van der Waals surface area contributed by atoms with Gasteiger partial charge in [0, 0.05) is 5.41 Å². The highest BCUT2D eigenvalue weighted by molar-refractivity contribution is 7.94. The first kappa shape index (κ1) is 14.9. The van der Waals surface area contributed by atoms with Gasteiger partial charge in [-0.2, -0.15) is 0 Å². The fourth-order valence-electron chi connectivity index (χ4n) is 2.52. The Morgan fingerprint density at radius 1 is 1.15 bits per heavy atom. The van der Waals surface area contributed by atoms with E-state index in [0.29, 0.717) is 11.5 Å². The summed E-state index contributed by atoms with van der Waals surface area (Å²) in [5.74, 6) is 0.260. The van der Waals surface area contributed by atoms with E-state index in [0.717, 1.165) is 19.3 Å². The third-order valence-corrected chi connectivity index (χ3v) is 5.11. The summed E-state index contributed by atoms with van der Waals surface area (Å²) in [4.78, 5) is 0. The first-order valence-electron chi connectivity index (χ1n) is 6.89. The fraction of sp³-hybridized carbons (Fsp3) is 0.467. The molecule has 0 radical (unpaired) electrons. The van der Waals surface area contributed by atoms with Crippen LogP contribution in [0, 0.1) is 5.92 Å². The minimum atomic E-state index is -3.21. The molecule has 1 aromatic rings. The van der Waals surface area contributed by atoms with Crippen LogP contribution in [-0.2, 0) is 9.84 Å². The lowest BCUT2D eigenvalue weighted by atomic mass is 10.1. The normalized spacial score (nSPS) is 17.0. The predicted octanol–water partition coefficient (Wildman–Crippen LogP) is 3.06. The van der Waals surface area contributed by atoms with Gasteiger partial charge in [-0.3, -0.25) is 0 Å². The lowest BCUT2D eigenvalue weighted by Crippen LogP contribution is -2.06. The number of rotatable bonds is 5. The van der Waals surface area contributed by atoms with E-state index >= 15 is 0 Å². The summed E-state index contributed by atoms with van der Waals surface area (Å²) in [7, 11) is -3.21. The zero-order valence-corrected chi connectivity index (χ0v) is 12.1. The van der Waals surface area contributed by atoms with Crippen molar-refractivity contribution in [1.82, 2.24) is 0 Å². The summed E-state index contributed by atoms with van der Waals surface area (Å²) in [6.45, 7) is 0. The number of hydrogen-bond acceptors (Lipinski definition) is 4.